The summed E-state index contributed by atoms with van der Waals surface area (Å²) in [6.07, 6.45) is 1.16. The molecule has 0 aliphatic carbocycles. The molecule has 114 valence electrons. The van der Waals surface area contributed by atoms with E-state index in [0.717, 1.165) is 6.20 Å². The van der Waals surface area contributed by atoms with Crippen LogP contribution >= 0.6 is 0 Å². The fraction of sp³-hybridized carbons (Fsp3) is 0.500. The van der Waals surface area contributed by atoms with E-state index in [1.807, 2.05) is 0 Å². The van der Waals surface area contributed by atoms with Gasteiger partial charge in [0, 0.05) is 12.5 Å². The van der Waals surface area contributed by atoms with E-state index in [0.29, 0.717) is 0 Å². The maximum Gasteiger partial charge on any atom is 0.323 e. The quantitative estimate of drug-likeness (QED) is 0.358. The van der Waals surface area contributed by atoms with Crippen molar-refractivity contribution in [2.24, 2.45) is 0 Å². The van der Waals surface area contributed by atoms with Crippen molar-refractivity contribution >= 4 is 17.4 Å². The van der Waals surface area contributed by atoms with Crippen molar-refractivity contribution in [2.75, 3.05) is 0 Å². The number of nitrogens with zero attached hydrogens (tertiary/aromatic N) is 2. The van der Waals surface area contributed by atoms with Gasteiger partial charge in [0.05, 0.1) is 10.6 Å². The molecule has 1 aromatic rings. The highest BCUT2D eigenvalue weighted by atomic mass is 16.6. The molecule has 0 N–H and O–H groups in total. The zero-order chi connectivity index (χ0) is 16.2. The number of rotatable bonds is 5. The first-order chi connectivity index (χ1) is 9.65. The average Bonchev–Trinajstić information content (AvgIpc) is 2.37. The van der Waals surface area contributed by atoms with Crippen molar-refractivity contribution < 1.29 is 19.2 Å². The van der Waals surface area contributed by atoms with E-state index in [-0.39, 0.29) is 23.6 Å². The highest BCUT2D eigenvalue weighted by molar-refractivity contribution is 6.04. The lowest BCUT2D eigenvalue weighted by atomic mass is 9.97. The third kappa shape index (κ3) is 4.62. The number of nitro groups is 1. The van der Waals surface area contributed by atoms with E-state index in [4.69, 9.17) is 4.74 Å². The largest absolute Gasteiger partial charge is 0.459 e. The molecule has 0 bridgehead atoms. The molecule has 0 fully saturated rings. The van der Waals surface area contributed by atoms with Crippen LogP contribution in [0.3, 0.4) is 0 Å². The Morgan fingerprint density at radius 2 is 2.00 bits per heavy atom. The first-order valence-electron chi connectivity index (χ1n) is 6.51. The molecule has 1 heterocycles. The predicted octanol–water partition coefficient (Wildman–Crippen LogP) is 2.39. The number of carbonyl (C=O) groups is 2. The summed E-state index contributed by atoms with van der Waals surface area (Å²) in [6, 6.07) is 2.52. The molecular formula is C14H18N2O5. The number of hydrogen-bond acceptors (Lipinski definition) is 6. The molecule has 0 saturated carbocycles. The standard InChI is InChI=1S/C14H18N2O5/c1-5-11(17)12(13(18)21-14(2,3)4)10-7-6-9(8-15-10)16(19)20/h6-8,12H,5H2,1-4H3. The molecule has 1 unspecified atom stereocenters. The van der Waals surface area contributed by atoms with Gasteiger partial charge in [0.2, 0.25) is 0 Å². The van der Waals surface area contributed by atoms with E-state index in [1.165, 1.54) is 12.1 Å². The predicted molar refractivity (Wildman–Crippen MR) is 74.8 cm³/mol. The molecule has 21 heavy (non-hydrogen) atoms. The van der Waals surface area contributed by atoms with Crippen LogP contribution in [-0.4, -0.2) is 27.3 Å². The molecule has 0 radical (unpaired) electrons. The van der Waals surface area contributed by atoms with Gasteiger partial charge >= 0.3 is 5.97 Å². The molecule has 0 amide bonds. The minimum atomic E-state index is -1.16. The third-order valence-corrected chi connectivity index (χ3v) is 2.59. The monoisotopic (exact) mass is 294 g/mol. The minimum absolute atomic E-state index is 0.141. The number of esters is 1. The van der Waals surface area contributed by atoms with Crippen molar-refractivity contribution in [3.05, 3.63) is 34.1 Å². The maximum atomic E-state index is 12.2. The summed E-state index contributed by atoms with van der Waals surface area (Å²) in [5, 5.41) is 10.6. The highest BCUT2D eigenvalue weighted by Crippen LogP contribution is 2.23. The Balaban J connectivity index is 3.11. The Hall–Kier alpha value is -2.31. The molecule has 1 atom stereocenters. The number of ketones is 1. The summed E-state index contributed by atoms with van der Waals surface area (Å²) in [7, 11) is 0. The smallest absolute Gasteiger partial charge is 0.323 e. The van der Waals surface area contributed by atoms with E-state index in [2.05, 4.69) is 4.98 Å². The van der Waals surface area contributed by atoms with Crippen molar-refractivity contribution in [1.29, 1.82) is 0 Å². The normalized spacial score (nSPS) is 12.6. The van der Waals surface area contributed by atoms with E-state index < -0.39 is 22.4 Å². The van der Waals surface area contributed by atoms with Crippen LogP contribution in [0.25, 0.3) is 0 Å². The van der Waals surface area contributed by atoms with Crippen molar-refractivity contribution in [3.8, 4) is 0 Å². The van der Waals surface area contributed by atoms with Crippen LogP contribution < -0.4 is 0 Å². The number of carbonyl (C=O) groups excluding carboxylic acids is 2. The van der Waals surface area contributed by atoms with Crippen molar-refractivity contribution in [3.63, 3.8) is 0 Å². The zero-order valence-electron chi connectivity index (χ0n) is 12.5. The van der Waals surface area contributed by atoms with Crippen LogP contribution in [0.2, 0.25) is 0 Å². The summed E-state index contributed by atoms with van der Waals surface area (Å²) < 4.78 is 5.22. The maximum absolute atomic E-state index is 12.2. The highest BCUT2D eigenvalue weighted by Gasteiger charge is 2.33. The lowest BCUT2D eigenvalue weighted by Crippen LogP contribution is -2.31. The van der Waals surface area contributed by atoms with Gasteiger partial charge in [0.25, 0.3) is 5.69 Å². The van der Waals surface area contributed by atoms with Gasteiger partial charge in [-0.3, -0.25) is 24.7 Å². The van der Waals surface area contributed by atoms with Gasteiger partial charge < -0.3 is 4.74 Å². The lowest BCUT2D eigenvalue weighted by Gasteiger charge is -2.23. The van der Waals surface area contributed by atoms with Crippen LogP contribution in [-0.2, 0) is 14.3 Å². The third-order valence-electron chi connectivity index (χ3n) is 2.59. The van der Waals surface area contributed by atoms with Crippen LogP contribution in [0.15, 0.2) is 18.3 Å². The Morgan fingerprint density at radius 1 is 1.38 bits per heavy atom. The second-order valence-corrected chi connectivity index (χ2v) is 5.48. The van der Waals surface area contributed by atoms with Gasteiger partial charge in [-0.05, 0) is 26.8 Å². The second kappa shape index (κ2) is 6.43. The Bertz CT molecular complexity index is 545. The Morgan fingerprint density at radius 3 is 2.38 bits per heavy atom. The molecule has 1 aromatic heterocycles. The number of hydrogen-bond donors (Lipinski definition) is 0. The SMILES string of the molecule is CCC(=O)C(C(=O)OC(C)(C)C)c1ccc([N+](=O)[O-])cn1. The van der Waals surface area contributed by atoms with Gasteiger partial charge in [-0.1, -0.05) is 6.92 Å². The first kappa shape index (κ1) is 16.7. The van der Waals surface area contributed by atoms with E-state index in [9.17, 15) is 19.7 Å². The molecule has 0 spiro atoms. The van der Waals surface area contributed by atoms with Gasteiger partial charge in [0.15, 0.2) is 11.7 Å². The van der Waals surface area contributed by atoms with Gasteiger partial charge in [-0.15, -0.1) is 0 Å². The van der Waals surface area contributed by atoms with Gasteiger partial charge in [-0.2, -0.15) is 0 Å². The van der Waals surface area contributed by atoms with E-state index in [1.54, 1.807) is 27.7 Å². The molecule has 0 saturated heterocycles. The first-order valence-corrected chi connectivity index (χ1v) is 6.51. The number of aromatic nitrogens is 1. The van der Waals surface area contributed by atoms with Crippen LogP contribution in [0.4, 0.5) is 5.69 Å². The summed E-state index contributed by atoms with van der Waals surface area (Å²) in [6.45, 7) is 6.72. The van der Waals surface area contributed by atoms with Gasteiger partial charge in [-0.25, -0.2) is 0 Å². The van der Waals surface area contributed by atoms with Crippen molar-refractivity contribution in [1.82, 2.24) is 4.98 Å². The summed E-state index contributed by atoms with van der Waals surface area (Å²) >= 11 is 0. The van der Waals surface area contributed by atoms with Crippen LogP contribution in [0, 0.1) is 10.1 Å². The fourth-order valence-corrected chi connectivity index (χ4v) is 1.66. The van der Waals surface area contributed by atoms with Crippen molar-refractivity contribution in [2.45, 2.75) is 45.6 Å². The zero-order valence-corrected chi connectivity index (χ0v) is 12.5. The molecule has 0 aliphatic heterocycles. The van der Waals surface area contributed by atoms with Crippen LogP contribution in [0.5, 0.6) is 0 Å². The Kier molecular flexibility index (Phi) is 5.12. The summed E-state index contributed by atoms with van der Waals surface area (Å²) in [5.41, 5.74) is -0.781. The molecule has 7 nitrogen and oxygen atoms in total. The number of ether oxygens (including phenoxy) is 1. The van der Waals surface area contributed by atoms with E-state index >= 15 is 0 Å². The number of pyridine rings is 1. The second-order valence-electron chi connectivity index (χ2n) is 5.48. The fourth-order valence-electron chi connectivity index (χ4n) is 1.66. The average molecular weight is 294 g/mol. The minimum Gasteiger partial charge on any atom is -0.459 e. The topological polar surface area (TPSA) is 99.4 Å². The summed E-state index contributed by atoms with van der Waals surface area (Å²) in [4.78, 5) is 38.0. The van der Waals surface area contributed by atoms with Gasteiger partial charge in [0.1, 0.15) is 11.8 Å². The number of Topliss-reactive ketones (excluding diaryl/α,β-unsaturated/α-hetero) is 1. The molecule has 0 aromatic carbocycles. The van der Waals surface area contributed by atoms with Crippen LogP contribution in [0.1, 0.15) is 45.7 Å². The molecule has 1 rings (SSSR count). The molecule has 7 heteroatoms. The lowest BCUT2D eigenvalue weighted by molar-refractivity contribution is -0.385. The molecule has 0 aliphatic rings. The molecular weight excluding hydrogens is 276 g/mol. The summed E-state index contributed by atoms with van der Waals surface area (Å²) in [5.74, 6) is -2.20. The Labute approximate surface area is 122 Å².